The molecule has 96 valence electrons. The average molecular weight is 258 g/mol. The Kier molecular flexibility index (Phi) is 4.92. The Balaban J connectivity index is 2.91. The van der Waals surface area contributed by atoms with Gasteiger partial charge < -0.3 is 10.6 Å². The fourth-order valence-corrected chi connectivity index (χ4v) is 2.10. The molecule has 0 spiro atoms. The van der Waals surface area contributed by atoms with E-state index >= 15 is 0 Å². The highest BCUT2D eigenvalue weighted by Gasteiger charge is 2.10. The van der Waals surface area contributed by atoms with Crippen LogP contribution in [0.5, 0.6) is 0 Å². The summed E-state index contributed by atoms with van der Waals surface area (Å²) in [6, 6.07) is 6.14. The minimum absolute atomic E-state index is 0.0922. The monoisotopic (exact) mass is 258 g/mol. The molecule has 0 aromatic heterocycles. The maximum Gasteiger partial charge on any atom is 0.294 e. The van der Waals surface area contributed by atoms with Gasteiger partial charge in [0.2, 0.25) is 0 Å². The molecule has 1 rings (SSSR count). The minimum atomic E-state index is -4.11. The summed E-state index contributed by atoms with van der Waals surface area (Å²) >= 11 is 0. The van der Waals surface area contributed by atoms with Gasteiger partial charge >= 0.3 is 0 Å². The lowest BCUT2D eigenvalue weighted by atomic mass is 10.2. The van der Waals surface area contributed by atoms with Crippen molar-refractivity contribution in [1.29, 1.82) is 0 Å². The molecular weight excluding hydrogens is 240 g/mol. The Morgan fingerprint density at radius 2 is 1.82 bits per heavy atom. The Morgan fingerprint density at radius 1 is 1.24 bits per heavy atom. The maximum absolute atomic E-state index is 10.9. The van der Waals surface area contributed by atoms with E-state index in [0.717, 1.165) is 25.2 Å². The minimum Gasteiger partial charge on any atom is -0.370 e. The lowest BCUT2D eigenvalue weighted by Crippen LogP contribution is -2.30. The van der Waals surface area contributed by atoms with Crippen molar-refractivity contribution >= 4 is 15.8 Å². The van der Waals surface area contributed by atoms with Crippen LogP contribution in [0.15, 0.2) is 29.2 Å². The zero-order valence-corrected chi connectivity index (χ0v) is 10.7. The van der Waals surface area contributed by atoms with Gasteiger partial charge in [0.05, 0.1) is 4.90 Å². The number of nitrogens with zero attached hydrogens (tertiary/aromatic N) is 1. The summed E-state index contributed by atoms with van der Waals surface area (Å²) in [5, 5.41) is 0. The summed E-state index contributed by atoms with van der Waals surface area (Å²) in [7, 11) is -4.11. The molecular formula is C11H18N2O3S. The molecule has 3 N–H and O–H groups in total. The van der Waals surface area contributed by atoms with Gasteiger partial charge in [0, 0.05) is 25.3 Å². The van der Waals surface area contributed by atoms with Crippen LogP contribution in [0.25, 0.3) is 0 Å². The van der Waals surface area contributed by atoms with Gasteiger partial charge in [-0.3, -0.25) is 4.55 Å². The number of benzene rings is 1. The molecule has 0 saturated carbocycles. The van der Waals surface area contributed by atoms with Gasteiger partial charge in [-0.15, -0.1) is 0 Å². The maximum atomic E-state index is 10.9. The van der Waals surface area contributed by atoms with Crippen molar-refractivity contribution in [3.63, 3.8) is 0 Å². The molecule has 0 bridgehead atoms. The SMILES string of the molecule is CCCN(CCN)c1ccc(S(=O)(=O)O)cc1. The van der Waals surface area contributed by atoms with E-state index in [0.29, 0.717) is 6.54 Å². The normalized spacial score (nSPS) is 11.5. The van der Waals surface area contributed by atoms with E-state index in [1.54, 1.807) is 12.1 Å². The van der Waals surface area contributed by atoms with Crippen molar-refractivity contribution in [3.8, 4) is 0 Å². The standard InChI is InChI=1S/C11H18N2O3S/c1-2-8-13(9-7-12)10-3-5-11(6-4-10)17(14,15)16/h3-6H,2,7-9,12H2,1H3,(H,14,15,16). The van der Waals surface area contributed by atoms with Crippen LogP contribution in [-0.4, -0.2) is 32.6 Å². The number of hydrogen-bond donors (Lipinski definition) is 2. The van der Waals surface area contributed by atoms with E-state index in [-0.39, 0.29) is 4.90 Å². The fraction of sp³-hybridized carbons (Fsp3) is 0.455. The Morgan fingerprint density at radius 3 is 2.24 bits per heavy atom. The Labute approximate surface area is 102 Å². The quantitative estimate of drug-likeness (QED) is 0.747. The second kappa shape index (κ2) is 6.00. The average Bonchev–Trinajstić information content (AvgIpc) is 2.28. The van der Waals surface area contributed by atoms with Crippen molar-refractivity contribution in [2.24, 2.45) is 5.73 Å². The first-order chi connectivity index (χ1) is 7.99. The highest BCUT2D eigenvalue weighted by Crippen LogP contribution is 2.17. The van der Waals surface area contributed by atoms with Crippen LogP contribution in [0, 0.1) is 0 Å². The number of anilines is 1. The molecule has 0 aliphatic carbocycles. The molecule has 1 aromatic rings. The van der Waals surface area contributed by atoms with Gasteiger partial charge in [-0.05, 0) is 30.7 Å². The highest BCUT2D eigenvalue weighted by molar-refractivity contribution is 7.85. The predicted molar refractivity (Wildman–Crippen MR) is 67.8 cm³/mol. The zero-order chi connectivity index (χ0) is 12.9. The molecule has 1 aromatic carbocycles. The summed E-state index contributed by atoms with van der Waals surface area (Å²) < 4.78 is 30.6. The van der Waals surface area contributed by atoms with Gasteiger partial charge in [-0.25, -0.2) is 0 Å². The molecule has 0 saturated heterocycles. The van der Waals surface area contributed by atoms with E-state index < -0.39 is 10.1 Å². The van der Waals surface area contributed by atoms with Crippen molar-refractivity contribution in [3.05, 3.63) is 24.3 Å². The van der Waals surface area contributed by atoms with Gasteiger partial charge in [0.25, 0.3) is 10.1 Å². The van der Waals surface area contributed by atoms with E-state index in [2.05, 4.69) is 11.8 Å². The molecule has 0 unspecified atom stereocenters. The number of nitrogens with two attached hydrogens (primary N) is 1. The van der Waals surface area contributed by atoms with Crippen molar-refractivity contribution in [2.75, 3.05) is 24.5 Å². The smallest absolute Gasteiger partial charge is 0.294 e. The van der Waals surface area contributed by atoms with Crippen LogP contribution in [0.1, 0.15) is 13.3 Å². The second-order valence-corrected chi connectivity index (χ2v) is 5.17. The lowest BCUT2D eigenvalue weighted by molar-refractivity contribution is 0.483. The van der Waals surface area contributed by atoms with Gasteiger partial charge in [-0.2, -0.15) is 8.42 Å². The van der Waals surface area contributed by atoms with Crippen LogP contribution in [0.2, 0.25) is 0 Å². The molecule has 0 aliphatic rings. The van der Waals surface area contributed by atoms with Crippen molar-refractivity contribution in [2.45, 2.75) is 18.2 Å². The summed E-state index contributed by atoms with van der Waals surface area (Å²) in [6.07, 6.45) is 0.986. The highest BCUT2D eigenvalue weighted by atomic mass is 32.2. The van der Waals surface area contributed by atoms with Crippen LogP contribution < -0.4 is 10.6 Å². The zero-order valence-electron chi connectivity index (χ0n) is 9.83. The molecule has 0 radical (unpaired) electrons. The van der Waals surface area contributed by atoms with Crippen LogP contribution in [-0.2, 0) is 10.1 Å². The van der Waals surface area contributed by atoms with E-state index in [4.69, 9.17) is 10.3 Å². The summed E-state index contributed by atoms with van der Waals surface area (Å²) in [4.78, 5) is 1.98. The lowest BCUT2D eigenvalue weighted by Gasteiger charge is -2.23. The van der Waals surface area contributed by atoms with Crippen LogP contribution >= 0.6 is 0 Å². The van der Waals surface area contributed by atoms with E-state index in [9.17, 15) is 8.42 Å². The molecule has 6 heteroatoms. The predicted octanol–water partition coefficient (Wildman–Crippen LogP) is 1.11. The summed E-state index contributed by atoms with van der Waals surface area (Å²) in [6.45, 7) is 4.19. The van der Waals surface area contributed by atoms with E-state index in [1.165, 1.54) is 12.1 Å². The third-order valence-corrected chi connectivity index (χ3v) is 3.26. The first-order valence-corrected chi connectivity index (χ1v) is 6.95. The van der Waals surface area contributed by atoms with E-state index in [1.807, 2.05) is 0 Å². The molecule has 0 fully saturated rings. The first-order valence-electron chi connectivity index (χ1n) is 5.51. The summed E-state index contributed by atoms with van der Waals surface area (Å²) in [5.74, 6) is 0. The molecule has 0 atom stereocenters. The van der Waals surface area contributed by atoms with Crippen molar-refractivity contribution < 1.29 is 13.0 Å². The summed E-state index contributed by atoms with van der Waals surface area (Å²) in [5.41, 5.74) is 6.43. The van der Waals surface area contributed by atoms with Gasteiger partial charge in [0.1, 0.15) is 0 Å². The third kappa shape index (κ3) is 3.99. The molecule has 17 heavy (non-hydrogen) atoms. The van der Waals surface area contributed by atoms with Gasteiger partial charge in [-0.1, -0.05) is 6.92 Å². The Hall–Kier alpha value is -1.11. The third-order valence-electron chi connectivity index (χ3n) is 2.39. The van der Waals surface area contributed by atoms with Crippen molar-refractivity contribution in [1.82, 2.24) is 0 Å². The molecule has 0 heterocycles. The van der Waals surface area contributed by atoms with Crippen LogP contribution in [0.4, 0.5) is 5.69 Å². The number of rotatable bonds is 6. The Bertz CT molecular complexity index is 436. The first kappa shape index (κ1) is 14.0. The second-order valence-electron chi connectivity index (χ2n) is 3.74. The van der Waals surface area contributed by atoms with Crippen LogP contribution in [0.3, 0.4) is 0 Å². The fourth-order valence-electron chi connectivity index (χ4n) is 1.62. The molecule has 0 aliphatic heterocycles. The largest absolute Gasteiger partial charge is 0.370 e. The topological polar surface area (TPSA) is 83.6 Å². The van der Waals surface area contributed by atoms with Gasteiger partial charge in [0.15, 0.2) is 0 Å². The number of hydrogen-bond acceptors (Lipinski definition) is 4. The molecule has 0 amide bonds. The molecule has 5 nitrogen and oxygen atoms in total.